The summed E-state index contributed by atoms with van der Waals surface area (Å²) >= 11 is 0. The van der Waals surface area contributed by atoms with E-state index in [-0.39, 0.29) is 35.6 Å². The van der Waals surface area contributed by atoms with E-state index in [0.29, 0.717) is 0 Å². The third-order valence-corrected chi connectivity index (χ3v) is 3.83. The minimum Gasteiger partial charge on any atom is -0.357 e. The Hall–Kier alpha value is -0.820. The van der Waals surface area contributed by atoms with E-state index in [1.807, 2.05) is 6.07 Å². The topological polar surface area (TPSA) is 39.7 Å². The molecule has 0 aromatic heterocycles. The molecule has 0 spiro atoms. The fraction of sp³-hybridized carbons (Fsp3) is 0.588. The first-order valence-electron chi connectivity index (χ1n) is 7.64. The highest BCUT2D eigenvalue weighted by Gasteiger charge is 2.20. The molecule has 1 aromatic carbocycles. The minimum atomic E-state index is 0. The Bertz CT molecular complexity index is 443. The predicted molar refractivity (Wildman–Crippen MR) is 107 cm³/mol. The van der Waals surface area contributed by atoms with Crippen LogP contribution in [0.25, 0.3) is 0 Å². The molecule has 22 heavy (non-hydrogen) atoms. The van der Waals surface area contributed by atoms with Gasteiger partial charge >= 0.3 is 0 Å². The summed E-state index contributed by atoms with van der Waals surface area (Å²) in [6, 6.07) is 10.6. The summed E-state index contributed by atoms with van der Waals surface area (Å²) in [5.41, 5.74) is 1.30. The van der Waals surface area contributed by atoms with Crippen LogP contribution in [0.3, 0.4) is 0 Å². The summed E-state index contributed by atoms with van der Waals surface area (Å²) < 4.78 is 0. The molecule has 0 aliphatic heterocycles. The SMILES string of the molecule is CCNC(=NCC(C)(C)N(C)C)NC(C)c1ccccc1.I. The van der Waals surface area contributed by atoms with Crippen LogP contribution in [0.2, 0.25) is 0 Å². The number of rotatable bonds is 6. The Balaban J connectivity index is 0.00000441. The lowest BCUT2D eigenvalue weighted by molar-refractivity contribution is 0.204. The highest BCUT2D eigenvalue weighted by Crippen LogP contribution is 2.12. The maximum absolute atomic E-state index is 4.72. The summed E-state index contributed by atoms with van der Waals surface area (Å²) in [4.78, 5) is 6.92. The molecule has 2 N–H and O–H groups in total. The largest absolute Gasteiger partial charge is 0.357 e. The summed E-state index contributed by atoms with van der Waals surface area (Å²) in [6.07, 6.45) is 0. The molecule has 1 atom stereocenters. The maximum atomic E-state index is 4.72. The predicted octanol–water partition coefficient (Wildman–Crippen LogP) is 3.26. The number of nitrogens with zero attached hydrogens (tertiary/aromatic N) is 2. The number of aliphatic imine (C=N–C) groups is 1. The van der Waals surface area contributed by atoms with Gasteiger partial charge in [-0.25, -0.2) is 0 Å². The van der Waals surface area contributed by atoms with Gasteiger partial charge in [-0.1, -0.05) is 30.3 Å². The lowest BCUT2D eigenvalue weighted by Crippen LogP contribution is -2.44. The fourth-order valence-corrected chi connectivity index (χ4v) is 1.76. The van der Waals surface area contributed by atoms with Crippen molar-refractivity contribution >= 4 is 29.9 Å². The molecule has 0 heterocycles. The van der Waals surface area contributed by atoms with Gasteiger partial charge in [-0.05, 0) is 47.4 Å². The first-order chi connectivity index (χ1) is 9.86. The van der Waals surface area contributed by atoms with Crippen molar-refractivity contribution in [3.05, 3.63) is 35.9 Å². The molecule has 1 unspecified atom stereocenters. The molecule has 0 saturated heterocycles. The van der Waals surface area contributed by atoms with Gasteiger partial charge in [-0.3, -0.25) is 4.99 Å². The Labute approximate surface area is 152 Å². The third kappa shape index (κ3) is 6.96. The highest BCUT2D eigenvalue weighted by atomic mass is 127. The van der Waals surface area contributed by atoms with Crippen LogP contribution in [0.5, 0.6) is 0 Å². The quantitative estimate of drug-likeness (QED) is 0.423. The van der Waals surface area contributed by atoms with E-state index < -0.39 is 0 Å². The summed E-state index contributed by atoms with van der Waals surface area (Å²) in [5.74, 6) is 0.865. The molecule has 0 fully saturated rings. The van der Waals surface area contributed by atoms with E-state index in [0.717, 1.165) is 19.0 Å². The molecule has 0 bridgehead atoms. The second kappa shape index (κ2) is 10.0. The van der Waals surface area contributed by atoms with Crippen LogP contribution in [0, 0.1) is 0 Å². The number of halogens is 1. The molecule has 126 valence electrons. The maximum Gasteiger partial charge on any atom is 0.191 e. The zero-order valence-electron chi connectivity index (χ0n) is 14.7. The smallest absolute Gasteiger partial charge is 0.191 e. The standard InChI is InChI=1S/C17H30N4.HI/c1-7-18-16(19-13-17(3,4)21(5)6)20-14(2)15-11-9-8-10-12-15;/h8-12,14H,7,13H2,1-6H3,(H2,18,19,20);1H. The van der Waals surface area contributed by atoms with Gasteiger partial charge in [0.25, 0.3) is 0 Å². The average Bonchev–Trinajstić information content (AvgIpc) is 2.45. The molecular weight excluding hydrogens is 387 g/mol. The van der Waals surface area contributed by atoms with Crippen LogP contribution in [0.15, 0.2) is 35.3 Å². The van der Waals surface area contributed by atoms with E-state index in [4.69, 9.17) is 4.99 Å². The Morgan fingerprint density at radius 1 is 1.23 bits per heavy atom. The first kappa shape index (κ1) is 21.2. The van der Waals surface area contributed by atoms with E-state index in [9.17, 15) is 0 Å². The number of likely N-dealkylation sites (N-methyl/N-ethyl adjacent to an activating group) is 1. The molecule has 0 aliphatic carbocycles. The van der Waals surface area contributed by atoms with Gasteiger partial charge in [0.1, 0.15) is 0 Å². The molecule has 5 heteroatoms. The van der Waals surface area contributed by atoms with Gasteiger partial charge in [0.2, 0.25) is 0 Å². The average molecular weight is 418 g/mol. The van der Waals surface area contributed by atoms with Gasteiger partial charge in [-0.15, -0.1) is 24.0 Å². The molecule has 0 amide bonds. The second-order valence-corrected chi connectivity index (χ2v) is 6.18. The molecule has 1 rings (SSSR count). The zero-order valence-corrected chi connectivity index (χ0v) is 17.0. The molecule has 1 aromatic rings. The third-order valence-electron chi connectivity index (χ3n) is 3.83. The number of hydrogen-bond acceptors (Lipinski definition) is 2. The lowest BCUT2D eigenvalue weighted by atomic mass is 10.1. The number of nitrogens with one attached hydrogen (secondary N) is 2. The van der Waals surface area contributed by atoms with Gasteiger partial charge < -0.3 is 15.5 Å². The van der Waals surface area contributed by atoms with Gasteiger partial charge in [0, 0.05) is 12.1 Å². The van der Waals surface area contributed by atoms with E-state index in [1.54, 1.807) is 0 Å². The highest BCUT2D eigenvalue weighted by molar-refractivity contribution is 14.0. The van der Waals surface area contributed by atoms with E-state index in [1.165, 1.54) is 5.56 Å². The van der Waals surface area contributed by atoms with Crippen molar-refractivity contribution in [1.29, 1.82) is 0 Å². The van der Waals surface area contributed by atoms with Crippen LogP contribution in [-0.2, 0) is 0 Å². The van der Waals surface area contributed by atoms with Crippen molar-refractivity contribution in [2.45, 2.75) is 39.3 Å². The lowest BCUT2D eigenvalue weighted by Gasteiger charge is -2.31. The number of hydrogen-bond donors (Lipinski definition) is 2. The Morgan fingerprint density at radius 2 is 1.82 bits per heavy atom. The molecule has 0 saturated carbocycles. The van der Waals surface area contributed by atoms with Crippen molar-refractivity contribution < 1.29 is 0 Å². The van der Waals surface area contributed by atoms with Gasteiger partial charge in [0.05, 0.1) is 12.6 Å². The van der Waals surface area contributed by atoms with E-state index >= 15 is 0 Å². The molecular formula is C17H31IN4. The van der Waals surface area contributed by atoms with Crippen molar-refractivity contribution in [2.24, 2.45) is 4.99 Å². The minimum absolute atomic E-state index is 0. The molecule has 0 radical (unpaired) electrons. The van der Waals surface area contributed by atoms with Crippen LogP contribution in [-0.4, -0.2) is 43.6 Å². The van der Waals surface area contributed by atoms with Crippen LogP contribution >= 0.6 is 24.0 Å². The van der Waals surface area contributed by atoms with Crippen LogP contribution in [0.4, 0.5) is 0 Å². The van der Waals surface area contributed by atoms with Crippen LogP contribution < -0.4 is 10.6 Å². The molecule has 4 nitrogen and oxygen atoms in total. The van der Waals surface area contributed by atoms with Crippen LogP contribution in [0.1, 0.15) is 39.3 Å². The van der Waals surface area contributed by atoms with Crippen molar-refractivity contribution in [3.8, 4) is 0 Å². The number of benzene rings is 1. The normalized spacial score (nSPS) is 13.5. The molecule has 0 aliphatic rings. The Kier molecular flexibility index (Phi) is 9.67. The fourth-order valence-electron chi connectivity index (χ4n) is 1.76. The number of guanidine groups is 1. The summed E-state index contributed by atoms with van der Waals surface area (Å²) in [6.45, 7) is 10.2. The van der Waals surface area contributed by atoms with Crippen molar-refractivity contribution in [1.82, 2.24) is 15.5 Å². The summed E-state index contributed by atoms with van der Waals surface area (Å²) in [7, 11) is 4.17. The van der Waals surface area contributed by atoms with Crippen molar-refractivity contribution in [3.63, 3.8) is 0 Å². The second-order valence-electron chi connectivity index (χ2n) is 6.18. The monoisotopic (exact) mass is 418 g/mol. The zero-order chi connectivity index (χ0) is 15.9. The van der Waals surface area contributed by atoms with E-state index in [2.05, 4.69) is 81.6 Å². The first-order valence-corrected chi connectivity index (χ1v) is 7.64. The Morgan fingerprint density at radius 3 is 2.32 bits per heavy atom. The van der Waals surface area contributed by atoms with Crippen molar-refractivity contribution in [2.75, 3.05) is 27.2 Å². The van der Waals surface area contributed by atoms with Gasteiger partial charge in [0.15, 0.2) is 5.96 Å². The summed E-state index contributed by atoms with van der Waals surface area (Å²) in [5, 5.41) is 6.78. The van der Waals surface area contributed by atoms with Gasteiger partial charge in [-0.2, -0.15) is 0 Å².